The molecule has 0 aliphatic carbocycles. The average molecular weight is 483 g/mol. The van der Waals surface area contributed by atoms with Gasteiger partial charge in [0.25, 0.3) is 15.9 Å². The number of amides is 1. The summed E-state index contributed by atoms with van der Waals surface area (Å²) in [5.41, 5.74) is 0.212. The summed E-state index contributed by atoms with van der Waals surface area (Å²) in [6, 6.07) is 7.30. The van der Waals surface area contributed by atoms with Gasteiger partial charge in [-0.05, 0) is 49.2 Å². The SMILES string of the molecule is COc1ccc(C(=O)N[C@H]2CCS(=O)(=O)C2)cc1NS(=O)(=O)c1cc(C(=O)O)ccc1C. The van der Waals surface area contributed by atoms with E-state index in [4.69, 9.17) is 9.84 Å². The lowest BCUT2D eigenvalue weighted by atomic mass is 10.1. The van der Waals surface area contributed by atoms with Gasteiger partial charge in [0.2, 0.25) is 0 Å². The van der Waals surface area contributed by atoms with Crippen molar-refractivity contribution in [3.63, 3.8) is 0 Å². The van der Waals surface area contributed by atoms with Gasteiger partial charge < -0.3 is 15.2 Å². The van der Waals surface area contributed by atoms with E-state index >= 15 is 0 Å². The molecule has 0 radical (unpaired) electrons. The highest BCUT2D eigenvalue weighted by molar-refractivity contribution is 7.92. The van der Waals surface area contributed by atoms with Crippen molar-refractivity contribution in [1.82, 2.24) is 5.32 Å². The van der Waals surface area contributed by atoms with Crippen LogP contribution in [0, 0.1) is 6.92 Å². The van der Waals surface area contributed by atoms with Crippen LogP contribution in [0.5, 0.6) is 5.75 Å². The molecule has 2 aromatic rings. The topological polar surface area (TPSA) is 156 Å². The molecule has 172 valence electrons. The fraction of sp³-hybridized carbons (Fsp3) is 0.300. The fourth-order valence-corrected chi connectivity index (χ4v) is 6.34. The fourth-order valence-electron chi connectivity index (χ4n) is 3.33. The second-order valence-electron chi connectivity index (χ2n) is 7.38. The maximum absolute atomic E-state index is 13.0. The number of hydrogen-bond acceptors (Lipinski definition) is 7. The molecule has 3 N–H and O–H groups in total. The number of sulfone groups is 1. The van der Waals surface area contributed by atoms with Gasteiger partial charge in [-0.3, -0.25) is 9.52 Å². The number of ether oxygens (including phenoxy) is 1. The summed E-state index contributed by atoms with van der Waals surface area (Å²) in [6.45, 7) is 1.52. The lowest BCUT2D eigenvalue weighted by Gasteiger charge is -2.16. The first-order valence-corrected chi connectivity index (χ1v) is 12.8. The number of nitrogens with one attached hydrogen (secondary N) is 2. The third kappa shape index (κ3) is 5.19. The second kappa shape index (κ2) is 8.79. The van der Waals surface area contributed by atoms with Crippen LogP contribution in [0.1, 0.15) is 32.7 Å². The molecule has 1 fully saturated rings. The Balaban J connectivity index is 1.90. The zero-order valence-corrected chi connectivity index (χ0v) is 18.9. The number of aryl methyl sites for hydroxylation is 1. The Bertz CT molecular complexity index is 1290. The standard InChI is InChI=1S/C20H22N2O8S2/c1-12-3-4-14(20(24)25)10-18(12)32(28,29)22-16-9-13(5-6-17(16)30-2)19(23)21-15-7-8-31(26,27)11-15/h3-6,9-10,15,22H,7-8,11H2,1-2H3,(H,21,23)(H,24,25)/t15-/m0/s1. The van der Waals surface area contributed by atoms with Crippen LogP contribution in [0.2, 0.25) is 0 Å². The minimum atomic E-state index is -4.22. The molecular weight excluding hydrogens is 460 g/mol. The van der Waals surface area contributed by atoms with E-state index in [-0.39, 0.29) is 39.0 Å². The van der Waals surface area contributed by atoms with Gasteiger partial charge in [-0.25, -0.2) is 21.6 Å². The Kier molecular flexibility index (Phi) is 6.46. The van der Waals surface area contributed by atoms with E-state index in [1.165, 1.54) is 44.4 Å². The Morgan fingerprint density at radius 3 is 2.41 bits per heavy atom. The lowest BCUT2D eigenvalue weighted by Crippen LogP contribution is -2.35. The summed E-state index contributed by atoms with van der Waals surface area (Å²) in [7, 11) is -6.07. The molecule has 1 amide bonds. The minimum Gasteiger partial charge on any atom is -0.495 e. The summed E-state index contributed by atoms with van der Waals surface area (Å²) in [6.07, 6.45) is 0.308. The molecule has 1 aliphatic heterocycles. The number of aromatic carboxylic acids is 1. The third-order valence-corrected chi connectivity index (χ3v) is 8.27. The van der Waals surface area contributed by atoms with Crippen LogP contribution in [-0.2, 0) is 19.9 Å². The highest BCUT2D eigenvalue weighted by Gasteiger charge is 2.29. The monoisotopic (exact) mass is 482 g/mol. The van der Waals surface area contributed by atoms with Gasteiger partial charge >= 0.3 is 5.97 Å². The lowest BCUT2D eigenvalue weighted by molar-refractivity contribution is 0.0696. The summed E-state index contributed by atoms with van der Waals surface area (Å²) in [5.74, 6) is -1.83. The second-order valence-corrected chi connectivity index (χ2v) is 11.3. The Morgan fingerprint density at radius 1 is 1.12 bits per heavy atom. The van der Waals surface area contributed by atoms with Crippen molar-refractivity contribution in [2.24, 2.45) is 0 Å². The maximum atomic E-state index is 13.0. The first-order chi connectivity index (χ1) is 14.9. The van der Waals surface area contributed by atoms with Crippen molar-refractivity contribution in [2.75, 3.05) is 23.3 Å². The van der Waals surface area contributed by atoms with Gasteiger partial charge in [0.05, 0.1) is 34.8 Å². The van der Waals surface area contributed by atoms with Crippen LogP contribution < -0.4 is 14.8 Å². The molecule has 32 heavy (non-hydrogen) atoms. The van der Waals surface area contributed by atoms with E-state index in [2.05, 4.69) is 10.0 Å². The summed E-state index contributed by atoms with van der Waals surface area (Å²) >= 11 is 0. The average Bonchev–Trinajstić information content (AvgIpc) is 3.05. The van der Waals surface area contributed by atoms with Gasteiger partial charge in [0.1, 0.15) is 5.75 Å². The van der Waals surface area contributed by atoms with Crippen LogP contribution >= 0.6 is 0 Å². The molecule has 1 saturated heterocycles. The molecule has 0 unspecified atom stereocenters. The van der Waals surface area contributed by atoms with Crippen molar-refractivity contribution < 1.29 is 36.3 Å². The van der Waals surface area contributed by atoms with Gasteiger partial charge in [0, 0.05) is 11.6 Å². The number of anilines is 1. The molecule has 2 aromatic carbocycles. The van der Waals surface area contributed by atoms with Crippen molar-refractivity contribution in [3.8, 4) is 5.75 Å². The largest absolute Gasteiger partial charge is 0.495 e. The summed E-state index contributed by atoms with van der Waals surface area (Å²) < 4.78 is 56.7. The van der Waals surface area contributed by atoms with Gasteiger partial charge in [-0.2, -0.15) is 0 Å². The van der Waals surface area contributed by atoms with Crippen molar-refractivity contribution in [3.05, 3.63) is 53.1 Å². The molecule has 0 bridgehead atoms. The van der Waals surface area contributed by atoms with Crippen LogP contribution in [0.15, 0.2) is 41.3 Å². The number of hydrogen-bond donors (Lipinski definition) is 3. The van der Waals surface area contributed by atoms with Crippen LogP contribution in [-0.4, -0.2) is 58.5 Å². The van der Waals surface area contributed by atoms with Gasteiger partial charge in [-0.15, -0.1) is 0 Å². The summed E-state index contributed by atoms with van der Waals surface area (Å²) in [4.78, 5) is 23.6. The van der Waals surface area contributed by atoms with Crippen LogP contribution in [0.3, 0.4) is 0 Å². The predicted octanol–water partition coefficient (Wildman–Crippen LogP) is 1.42. The summed E-state index contributed by atoms with van der Waals surface area (Å²) in [5, 5.41) is 11.8. The van der Waals surface area contributed by atoms with E-state index in [0.29, 0.717) is 12.0 Å². The number of carboxylic acid groups (broad SMARTS) is 1. The number of benzene rings is 2. The molecule has 0 aromatic heterocycles. The minimum absolute atomic E-state index is 0.000363. The maximum Gasteiger partial charge on any atom is 0.335 e. The number of carbonyl (C=O) groups excluding carboxylic acids is 1. The molecule has 0 saturated carbocycles. The van der Waals surface area contributed by atoms with E-state index in [0.717, 1.165) is 6.07 Å². The van der Waals surface area contributed by atoms with Crippen molar-refractivity contribution in [1.29, 1.82) is 0 Å². The number of carbonyl (C=O) groups is 2. The van der Waals surface area contributed by atoms with E-state index in [1.807, 2.05) is 0 Å². The quantitative estimate of drug-likeness (QED) is 0.535. The smallest absolute Gasteiger partial charge is 0.335 e. The number of methoxy groups -OCH3 is 1. The van der Waals surface area contributed by atoms with E-state index in [9.17, 15) is 26.4 Å². The van der Waals surface area contributed by atoms with Crippen molar-refractivity contribution in [2.45, 2.75) is 24.3 Å². The molecule has 12 heteroatoms. The molecule has 3 rings (SSSR count). The zero-order chi connectivity index (χ0) is 23.7. The first kappa shape index (κ1) is 23.5. The zero-order valence-electron chi connectivity index (χ0n) is 17.3. The Hall–Kier alpha value is -3.12. The highest BCUT2D eigenvalue weighted by atomic mass is 32.2. The number of rotatable bonds is 7. The Morgan fingerprint density at radius 2 is 1.81 bits per heavy atom. The Labute approximate surface area is 185 Å². The van der Waals surface area contributed by atoms with Gasteiger partial charge in [-0.1, -0.05) is 6.07 Å². The predicted molar refractivity (Wildman–Crippen MR) is 116 cm³/mol. The van der Waals surface area contributed by atoms with Crippen LogP contribution in [0.25, 0.3) is 0 Å². The third-order valence-electron chi connectivity index (χ3n) is 5.00. The number of carboxylic acids is 1. The van der Waals surface area contributed by atoms with Crippen molar-refractivity contribution >= 4 is 37.4 Å². The molecule has 10 nitrogen and oxygen atoms in total. The molecule has 1 atom stereocenters. The highest BCUT2D eigenvalue weighted by Crippen LogP contribution is 2.29. The molecule has 1 aliphatic rings. The molecule has 1 heterocycles. The first-order valence-electron chi connectivity index (χ1n) is 9.48. The normalized spacial score (nSPS) is 17.5. The molecular formula is C20H22N2O8S2. The molecule has 0 spiro atoms. The number of sulfonamides is 1. The van der Waals surface area contributed by atoms with Crippen LogP contribution in [0.4, 0.5) is 5.69 Å². The van der Waals surface area contributed by atoms with Gasteiger partial charge in [0.15, 0.2) is 9.84 Å². The van der Waals surface area contributed by atoms with E-state index in [1.54, 1.807) is 0 Å². The van der Waals surface area contributed by atoms with E-state index < -0.39 is 37.8 Å².